The third kappa shape index (κ3) is 3.02. The van der Waals surface area contributed by atoms with Crippen LogP contribution in [0.4, 0.5) is 10.5 Å². The van der Waals surface area contributed by atoms with Gasteiger partial charge in [0.2, 0.25) is 0 Å². The summed E-state index contributed by atoms with van der Waals surface area (Å²) in [5.74, 6) is 0. The molecular formula is C14H14N4O. The monoisotopic (exact) mass is 254 g/mol. The molecule has 5 nitrogen and oxygen atoms in total. The molecule has 96 valence electrons. The molecule has 0 bridgehead atoms. The number of likely N-dealkylation sites (tertiary alicyclic amines) is 1. The fourth-order valence-corrected chi connectivity index (χ4v) is 2.11. The van der Waals surface area contributed by atoms with Gasteiger partial charge in [0.05, 0.1) is 11.1 Å². The van der Waals surface area contributed by atoms with Crippen molar-refractivity contribution in [1.29, 1.82) is 10.5 Å². The van der Waals surface area contributed by atoms with Crippen LogP contribution in [-0.4, -0.2) is 24.0 Å². The zero-order valence-corrected chi connectivity index (χ0v) is 10.5. The summed E-state index contributed by atoms with van der Waals surface area (Å²) in [4.78, 5) is 13.8. The lowest BCUT2D eigenvalue weighted by Crippen LogP contribution is -2.38. The number of urea groups is 1. The molecule has 19 heavy (non-hydrogen) atoms. The van der Waals surface area contributed by atoms with E-state index in [1.54, 1.807) is 17.0 Å². The summed E-state index contributed by atoms with van der Waals surface area (Å²) < 4.78 is 0. The van der Waals surface area contributed by atoms with Crippen LogP contribution in [0, 0.1) is 22.7 Å². The molecular weight excluding hydrogens is 240 g/mol. The third-order valence-electron chi connectivity index (χ3n) is 3.16. The standard InChI is InChI=1S/C14H14N4O/c15-9-11-4-5-13(8-12(11)10-16)17-14(19)18-6-2-1-3-7-18/h4-5,8H,1-3,6-7H2,(H,17,19). The summed E-state index contributed by atoms with van der Waals surface area (Å²) >= 11 is 0. The molecule has 2 amide bonds. The van der Waals surface area contributed by atoms with Crippen LogP contribution < -0.4 is 5.32 Å². The van der Waals surface area contributed by atoms with Gasteiger partial charge in [0.25, 0.3) is 0 Å². The molecule has 1 saturated heterocycles. The van der Waals surface area contributed by atoms with Crippen LogP contribution in [0.5, 0.6) is 0 Å². The summed E-state index contributed by atoms with van der Waals surface area (Å²) in [5, 5.41) is 20.5. The fourth-order valence-electron chi connectivity index (χ4n) is 2.11. The molecule has 5 heteroatoms. The topological polar surface area (TPSA) is 79.9 Å². The molecule has 1 aliphatic rings. The first-order valence-electron chi connectivity index (χ1n) is 6.25. The van der Waals surface area contributed by atoms with Gasteiger partial charge in [-0.3, -0.25) is 0 Å². The Hall–Kier alpha value is -2.53. The second kappa shape index (κ2) is 5.88. The Morgan fingerprint density at radius 1 is 1.11 bits per heavy atom. The Morgan fingerprint density at radius 2 is 1.79 bits per heavy atom. The van der Waals surface area contributed by atoms with E-state index in [4.69, 9.17) is 10.5 Å². The maximum absolute atomic E-state index is 12.0. The largest absolute Gasteiger partial charge is 0.325 e. The van der Waals surface area contributed by atoms with Crippen LogP contribution in [-0.2, 0) is 0 Å². The summed E-state index contributed by atoms with van der Waals surface area (Å²) in [6.45, 7) is 1.54. The van der Waals surface area contributed by atoms with Crippen molar-refractivity contribution in [1.82, 2.24) is 4.90 Å². The predicted molar refractivity (Wildman–Crippen MR) is 70.3 cm³/mol. The van der Waals surface area contributed by atoms with E-state index in [0.717, 1.165) is 25.9 Å². The van der Waals surface area contributed by atoms with E-state index >= 15 is 0 Å². The molecule has 0 aromatic heterocycles. The van der Waals surface area contributed by atoms with E-state index < -0.39 is 0 Å². The van der Waals surface area contributed by atoms with Gasteiger partial charge in [0, 0.05) is 18.8 Å². The molecule has 0 aliphatic carbocycles. The second-order valence-electron chi connectivity index (χ2n) is 4.46. The number of nitrogens with zero attached hydrogens (tertiary/aromatic N) is 3. The van der Waals surface area contributed by atoms with Crippen molar-refractivity contribution in [3.05, 3.63) is 29.3 Å². The number of rotatable bonds is 1. The van der Waals surface area contributed by atoms with Crippen molar-refractivity contribution in [3.8, 4) is 12.1 Å². The first kappa shape index (κ1) is 12.9. The Kier molecular flexibility index (Phi) is 4.00. The van der Waals surface area contributed by atoms with Crippen molar-refractivity contribution in [2.24, 2.45) is 0 Å². The Balaban J connectivity index is 2.09. The van der Waals surface area contributed by atoms with E-state index in [9.17, 15) is 4.79 Å². The van der Waals surface area contributed by atoms with Gasteiger partial charge in [-0.1, -0.05) is 0 Å². The first-order valence-corrected chi connectivity index (χ1v) is 6.25. The molecule has 2 rings (SSSR count). The highest BCUT2D eigenvalue weighted by molar-refractivity contribution is 5.89. The van der Waals surface area contributed by atoms with Gasteiger partial charge in [-0.15, -0.1) is 0 Å². The minimum atomic E-state index is -0.145. The van der Waals surface area contributed by atoms with Crippen LogP contribution in [0.1, 0.15) is 30.4 Å². The van der Waals surface area contributed by atoms with Crippen molar-refractivity contribution < 1.29 is 4.79 Å². The van der Waals surface area contributed by atoms with E-state index in [0.29, 0.717) is 11.3 Å². The van der Waals surface area contributed by atoms with Crippen LogP contribution in [0.3, 0.4) is 0 Å². The van der Waals surface area contributed by atoms with Crippen molar-refractivity contribution in [2.75, 3.05) is 18.4 Å². The van der Waals surface area contributed by atoms with Crippen molar-refractivity contribution in [3.63, 3.8) is 0 Å². The fraction of sp³-hybridized carbons (Fsp3) is 0.357. The molecule has 0 spiro atoms. The zero-order chi connectivity index (χ0) is 13.7. The molecule has 0 atom stereocenters. The smallest absolute Gasteiger partial charge is 0.321 e. The van der Waals surface area contributed by atoms with Crippen LogP contribution in [0.2, 0.25) is 0 Å². The quantitative estimate of drug-likeness (QED) is 0.835. The average Bonchev–Trinajstić information content (AvgIpc) is 2.48. The van der Waals surface area contributed by atoms with Crippen molar-refractivity contribution >= 4 is 11.7 Å². The van der Waals surface area contributed by atoms with Gasteiger partial charge in [0.15, 0.2) is 0 Å². The van der Waals surface area contributed by atoms with E-state index in [-0.39, 0.29) is 11.6 Å². The predicted octanol–water partition coefficient (Wildman–Crippen LogP) is 2.45. The average molecular weight is 254 g/mol. The maximum Gasteiger partial charge on any atom is 0.321 e. The molecule has 0 saturated carbocycles. The second-order valence-corrected chi connectivity index (χ2v) is 4.46. The number of hydrogen-bond donors (Lipinski definition) is 1. The number of hydrogen-bond acceptors (Lipinski definition) is 3. The highest BCUT2D eigenvalue weighted by Crippen LogP contribution is 2.16. The van der Waals surface area contributed by atoms with Crippen LogP contribution in [0.25, 0.3) is 0 Å². The highest BCUT2D eigenvalue weighted by atomic mass is 16.2. The van der Waals surface area contributed by atoms with Crippen LogP contribution >= 0.6 is 0 Å². The van der Waals surface area contributed by atoms with Crippen molar-refractivity contribution in [2.45, 2.75) is 19.3 Å². The van der Waals surface area contributed by atoms with Gasteiger partial charge >= 0.3 is 6.03 Å². The number of carbonyl (C=O) groups excluding carboxylic acids is 1. The summed E-state index contributed by atoms with van der Waals surface area (Å²) in [6.07, 6.45) is 3.23. The molecule has 1 N–H and O–H groups in total. The van der Waals surface area contributed by atoms with E-state index in [2.05, 4.69) is 5.32 Å². The van der Waals surface area contributed by atoms with Gasteiger partial charge in [-0.05, 0) is 37.5 Å². The lowest BCUT2D eigenvalue weighted by molar-refractivity contribution is 0.200. The van der Waals surface area contributed by atoms with E-state index in [1.807, 2.05) is 12.1 Å². The number of piperidine rings is 1. The molecule has 1 aromatic carbocycles. The van der Waals surface area contributed by atoms with Crippen LogP contribution in [0.15, 0.2) is 18.2 Å². The molecule has 1 aromatic rings. The maximum atomic E-state index is 12.0. The van der Waals surface area contributed by atoms with E-state index in [1.165, 1.54) is 12.5 Å². The Bertz CT molecular complexity index is 562. The molecule has 0 unspecified atom stereocenters. The third-order valence-corrected chi connectivity index (χ3v) is 3.16. The SMILES string of the molecule is N#Cc1ccc(NC(=O)N2CCCCC2)cc1C#N. The van der Waals surface area contributed by atoms with Gasteiger partial charge < -0.3 is 10.2 Å². The number of carbonyl (C=O) groups is 1. The molecule has 1 fully saturated rings. The van der Waals surface area contributed by atoms with Gasteiger partial charge in [-0.25, -0.2) is 4.79 Å². The highest BCUT2D eigenvalue weighted by Gasteiger charge is 2.16. The summed E-state index contributed by atoms with van der Waals surface area (Å²) in [7, 11) is 0. The van der Waals surface area contributed by atoms with Gasteiger partial charge in [-0.2, -0.15) is 10.5 Å². The summed E-state index contributed by atoms with van der Waals surface area (Å²) in [5.41, 5.74) is 1.14. The number of nitriles is 2. The normalized spacial score (nSPS) is 14.3. The number of amides is 2. The Labute approximate surface area is 112 Å². The molecule has 0 radical (unpaired) electrons. The lowest BCUT2D eigenvalue weighted by atomic mass is 10.1. The Morgan fingerprint density at radius 3 is 2.42 bits per heavy atom. The number of nitrogens with one attached hydrogen (secondary N) is 1. The minimum absolute atomic E-state index is 0.145. The summed E-state index contributed by atoms with van der Waals surface area (Å²) in [6, 6.07) is 8.47. The molecule has 1 aliphatic heterocycles. The first-order chi connectivity index (χ1) is 9.24. The minimum Gasteiger partial charge on any atom is -0.325 e. The number of benzene rings is 1. The zero-order valence-electron chi connectivity index (χ0n) is 10.5. The number of anilines is 1. The van der Waals surface area contributed by atoms with Gasteiger partial charge in [0.1, 0.15) is 12.1 Å². The molecule has 1 heterocycles. The lowest BCUT2D eigenvalue weighted by Gasteiger charge is -2.26.